The summed E-state index contributed by atoms with van der Waals surface area (Å²) in [5.74, 6) is -0.224. The Morgan fingerprint density at radius 1 is 0.964 bits per heavy atom. The summed E-state index contributed by atoms with van der Waals surface area (Å²) in [6, 6.07) is 16.5. The molecule has 2 atom stereocenters. The van der Waals surface area contributed by atoms with Crippen LogP contribution in [0.1, 0.15) is 27.8 Å². The Balaban J connectivity index is 1.43. The van der Waals surface area contributed by atoms with E-state index in [2.05, 4.69) is 14.5 Å². The van der Waals surface area contributed by atoms with Crippen molar-refractivity contribution in [2.75, 3.05) is 13.1 Å². The Labute approximate surface area is 163 Å². The van der Waals surface area contributed by atoms with Crippen molar-refractivity contribution in [3.05, 3.63) is 89.8 Å². The summed E-state index contributed by atoms with van der Waals surface area (Å²) >= 11 is 0. The summed E-state index contributed by atoms with van der Waals surface area (Å²) in [6.07, 6.45) is 3.82. The van der Waals surface area contributed by atoms with Gasteiger partial charge in [-0.2, -0.15) is 0 Å². The zero-order valence-electron chi connectivity index (χ0n) is 15.4. The number of hydrogen-bond donors (Lipinski definition) is 0. The highest BCUT2D eigenvalue weighted by atomic mass is 19.1. The van der Waals surface area contributed by atoms with Crippen LogP contribution in [0.5, 0.6) is 0 Å². The third kappa shape index (κ3) is 2.99. The maximum atomic E-state index is 13.3. The van der Waals surface area contributed by atoms with Crippen LogP contribution in [0.25, 0.3) is 0 Å². The van der Waals surface area contributed by atoms with Crippen LogP contribution in [0.2, 0.25) is 0 Å². The first-order valence-electron chi connectivity index (χ1n) is 9.53. The third-order valence-corrected chi connectivity index (χ3v) is 5.73. The predicted molar refractivity (Wildman–Crippen MR) is 103 cm³/mol. The Morgan fingerprint density at radius 3 is 2.57 bits per heavy atom. The van der Waals surface area contributed by atoms with Gasteiger partial charge in [0.15, 0.2) is 0 Å². The van der Waals surface area contributed by atoms with Crippen LogP contribution in [0.4, 0.5) is 4.39 Å². The highest BCUT2D eigenvalue weighted by molar-refractivity contribution is 5.94. The Morgan fingerprint density at radius 2 is 1.79 bits per heavy atom. The van der Waals surface area contributed by atoms with Crippen LogP contribution in [0.3, 0.4) is 0 Å². The predicted octanol–water partition coefficient (Wildman–Crippen LogP) is 3.10. The molecule has 0 spiro atoms. The SMILES string of the molecule is O=C1c2cccn2[C@H]2CN(Cc3ccccn3)C[C@@H]2N1Cc1ccc(F)cc1. The van der Waals surface area contributed by atoms with Gasteiger partial charge >= 0.3 is 0 Å². The lowest BCUT2D eigenvalue weighted by Crippen LogP contribution is -2.49. The van der Waals surface area contributed by atoms with Crippen LogP contribution in [-0.2, 0) is 13.1 Å². The van der Waals surface area contributed by atoms with Crippen molar-refractivity contribution >= 4 is 5.91 Å². The van der Waals surface area contributed by atoms with E-state index in [1.165, 1.54) is 12.1 Å². The van der Waals surface area contributed by atoms with Crippen molar-refractivity contribution in [2.24, 2.45) is 0 Å². The van der Waals surface area contributed by atoms with Gasteiger partial charge in [0.2, 0.25) is 0 Å². The van der Waals surface area contributed by atoms with Gasteiger partial charge in [0.1, 0.15) is 11.5 Å². The van der Waals surface area contributed by atoms with Crippen molar-refractivity contribution in [3.63, 3.8) is 0 Å². The van der Waals surface area contributed by atoms with E-state index in [0.29, 0.717) is 6.54 Å². The molecule has 2 aliphatic rings. The van der Waals surface area contributed by atoms with E-state index in [0.717, 1.165) is 36.6 Å². The van der Waals surface area contributed by atoms with Gasteiger partial charge < -0.3 is 9.47 Å². The van der Waals surface area contributed by atoms with E-state index >= 15 is 0 Å². The first kappa shape index (κ1) is 17.1. The lowest BCUT2D eigenvalue weighted by Gasteiger charge is -2.38. The van der Waals surface area contributed by atoms with Crippen LogP contribution in [-0.4, -0.2) is 44.4 Å². The van der Waals surface area contributed by atoms with Crippen LogP contribution < -0.4 is 0 Å². The molecule has 5 rings (SSSR count). The Bertz CT molecular complexity index is 985. The van der Waals surface area contributed by atoms with Gasteiger partial charge in [-0.15, -0.1) is 0 Å². The molecule has 2 aliphatic heterocycles. The molecule has 28 heavy (non-hydrogen) atoms. The number of halogens is 1. The van der Waals surface area contributed by atoms with E-state index in [1.54, 1.807) is 12.1 Å². The number of fused-ring (bicyclic) bond motifs is 3. The lowest BCUT2D eigenvalue weighted by molar-refractivity contribution is 0.0556. The van der Waals surface area contributed by atoms with Crippen molar-refractivity contribution in [1.29, 1.82) is 0 Å². The van der Waals surface area contributed by atoms with Gasteiger partial charge in [0.05, 0.1) is 17.8 Å². The number of amides is 1. The number of likely N-dealkylation sites (tertiary alicyclic amines) is 1. The molecule has 0 N–H and O–H groups in total. The molecule has 5 nitrogen and oxygen atoms in total. The van der Waals surface area contributed by atoms with Gasteiger partial charge in [-0.3, -0.25) is 14.7 Å². The zero-order chi connectivity index (χ0) is 19.1. The molecule has 0 aliphatic carbocycles. The topological polar surface area (TPSA) is 41.4 Å². The fourth-order valence-corrected chi connectivity index (χ4v) is 4.41. The van der Waals surface area contributed by atoms with Crippen LogP contribution >= 0.6 is 0 Å². The molecule has 6 heteroatoms. The highest BCUT2D eigenvalue weighted by Gasteiger charge is 2.44. The monoisotopic (exact) mass is 376 g/mol. The standard InChI is InChI=1S/C22H21FN4O/c23-17-8-6-16(7-9-17)12-27-21-15-25(13-18-4-1-2-10-24-18)14-20(21)26-11-3-5-19(26)22(27)28/h1-11,20-21H,12-15H2/t20-,21-/m0/s1. The Hall–Kier alpha value is -2.99. The van der Waals surface area contributed by atoms with Crippen molar-refractivity contribution < 1.29 is 9.18 Å². The summed E-state index contributed by atoms with van der Waals surface area (Å²) in [7, 11) is 0. The summed E-state index contributed by atoms with van der Waals surface area (Å²) in [6.45, 7) is 2.92. The fourth-order valence-electron chi connectivity index (χ4n) is 4.41. The van der Waals surface area contributed by atoms with E-state index in [1.807, 2.05) is 47.6 Å². The number of aromatic nitrogens is 2. The lowest BCUT2D eigenvalue weighted by atomic mass is 10.0. The number of nitrogens with zero attached hydrogens (tertiary/aromatic N) is 4. The average Bonchev–Trinajstić information content (AvgIpc) is 3.34. The van der Waals surface area contributed by atoms with Gasteiger partial charge in [-0.1, -0.05) is 18.2 Å². The molecule has 142 valence electrons. The smallest absolute Gasteiger partial charge is 0.271 e. The second-order valence-corrected chi connectivity index (χ2v) is 7.51. The summed E-state index contributed by atoms with van der Waals surface area (Å²) < 4.78 is 15.4. The number of rotatable bonds is 4. The first-order valence-corrected chi connectivity index (χ1v) is 9.53. The molecular weight excluding hydrogens is 355 g/mol. The van der Waals surface area contributed by atoms with Crippen molar-refractivity contribution in [1.82, 2.24) is 19.4 Å². The molecule has 0 radical (unpaired) electrons. The van der Waals surface area contributed by atoms with Crippen LogP contribution in [0.15, 0.2) is 67.0 Å². The summed E-state index contributed by atoms with van der Waals surface area (Å²) in [4.78, 5) is 21.9. The number of carbonyl (C=O) groups is 1. The molecule has 0 unspecified atom stereocenters. The van der Waals surface area contributed by atoms with Gasteiger partial charge in [0.25, 0.3) is 5.91 Å². The fraction of sp³-hybridized carbons (Fsp3) is 0.273. The minimum Gasteiger partial charge on any atom is -0.337 e. The van der Waals surface area contributed by atoms with Gasteiger partial charge in [-0.25, -0.2) is 4.39 Å². The number of hydrogen-bond acceptors (Lipinski definition) is 3. The Kier molecular flexibility index (Phi) is 4.20. The molecule has 1 amide bonds. The largest absolute Gasteiger partial charge is 0.337 e. The summed E-state index contributed by atoms with van der Waals surface area (Å²) in [5.41, 5.74) is 2.70. The molecule has 0 saturated carbocycles. The normalized spacial score (nSPS) is 21.6. The minimum atomic E-state index is -0.261. The number of benzene rings is 1. The highest BCUT2D eigenvalue weighted by Crippen LogP contribution is 2.35. The van der Waals surface area contributed by atoms with E-state index < -0.39 is 0 Å². The number of pyridine rings is 1. The van der Waals surface area contributed by atoms with E-state index in [-0.39, 0.29) is 23.8 Å². The first-order chi connectivity index (χ1) is 13.7. The van der Waals surface area contributed by atoms with Gasteiger partial charge in [0, 0.05) is 38.6 Å². The molecule has 1 aromatic carbocycles. The minimum absolute atomic E-state index is 0.0373. The second-order valence-electron chi connectivity index (χ2n) is 7.51. The molecular formula is C22H21FN4O. The third-order valence-electron chi connectivity index (χ3n) is 5.73. The molecule has 2 aromatic heterocycles. The zero-order valence-corrected chi connectivity index (χ0v) is 15.4. The average molecular weight is 376 g/mol. The van der Waals surface area contributed by atoms with Crippen LogP contribution in [0, 0.1) is 5.82 Å². The van der Waals surface area contributed by atoms with Crippen molar-refractivity contribution in [3.8, 4) is 0 Å². The van der Waals surface area contributed by atoms with Crippen molar-refractivity contribution in [2.45, 2.75) is 25.2 Å². The maximum absolute atomic E-state index is 13.3. The van der Waals surface area contributed by atoms with Gasteiger partial charge in [-0.05, 0) is 42.0 Å². The maximum Gasteiger partial charge on any atom is 0.271 e. The number of carbonyl (C=O) groups excluding carboxylic acids is 1. The van der Waals surface area contributed by atoms with E-state index in [4.69, 9.17) is 0 Å². The molecule has 4 heterocycles. The molecule has 1 fully saturated rings. The summed E-state index contributed by atoms with van der Waals surface area (Å²) in [5, 5.41) is 0. The quantitative estimate of drug-likeness (QED) is 0.703. The molecule has 0 bridgehead atoms. The molecule has 1 saturated heterocycles. The second kappa shape index (κ2) is 6.87. The molecule has 3 aromatic rings. The van der Waals surface area contributed by atoms with E-state index in [9.17, 15) is 9.18 Å².